The molecule has 0 aliphatic carbocycles. The van der Waals surface area contributed by atoms with Crippen LogP contribution in [0.4, 0.5) is 4.79 Å². The zero-order chi connectivity index (χ0) is 17.6. The van der Waals surface area contributed by atoms with Gasteiger partial charge in [-0.2, -0.15) is 0 Å². The first-order valence-electron chi connectivity index (χ1n) is 7.97. The topological polar surface area (TPSA) is 55.4 Å². The van der Waals surface area contributed by atoms with Crippen molar-refractivity contribution in [3.05, 3.63) is 60.2 Å². The molecule has 0 bridgehead atoms. The van der Waals surface area contributed by atoms with E-state index in [1.165, 1.54) is 0 Å². The zero-order valence-electron chi connectivity index (χ0n) is 14.3. The van der Waals surface area contributed by atoms with Crippen LogP contribution in [0.25, 0.3) is 11.1 Å². The Balaban J connectivity index is 2.13. The van der Waals surface area contributed by atoms with Gasteiger partial charge in [-0.15, -0.1) is 0 Å². The van der Waals surface area contributed by atoms with Crippen LogP contribution in [0.15, 0.2) is 54.6 Å². The van der Waals surface area contributed by atoms with Gasteiger partial charge in [-0.3, -0.25) is 0 Å². The molecule has 0 heterocycles. The maximum atomic E-state index is 12.0. The zero-order valence-corrected chi connectivity index (χ0v) is 14.3. The highest BCUT2D eigenvalue weighted by Crippen LogP contribution is 2.23. The summed E-state index contributed by atoms with van der Waals surface area (Å²) < 4.78 is 5.26. The molecule has 4 nitrogen and oxygen atoms in total. The van der Waals surface area contributed by atoms with Crippen LogP contribution in [0.5, 0.6) is 0 Å². The number of carbonyl (C=O) groups excluding carboxylic acids is 2. The molecule has 0 aromatic heterocycles. The van der Waals surface area contributed by atoms with E-state index in [4.69, 9.17) is 4.74 Å². The molecule has 0 radical (unpaired) electrons. The highest BCUT2D eigenvalue weighted by atomic mass is 16.6. The highest BCUT2D eigenvalue weighted by Gasteiger charge is 2.20. The molecule has 0 saturated heterocycles. The van der Waals surface area contributed by atoms with Crippen LogP contribution in [0.3, 0.4) is 0 Å². The van der Waals surface area contributed by atoms with Gasteiger partial charge in [0.15, 0.2) is 0 Å². The normalized spacial score (nSPS) is 12.3. The van der Waals surface area contributed by atoms with Crippen molar-refractivity contribution in [1.82, 2.24) is 5.32 Å². The number of hydrogen-bond donors (Lipinski definition) is 1. The molecule has 0 aliphatic rings. The fourth-order valence-electron chi connectivity index (χ4n) is 2.36. The molecule has 0 saturated carbocycles. The summed E-state index contributed by atoms with van der Waals surface area (Å²) in [6, 6.07) is 17.4. The van der Waals surface area contributed by atoms with E-state index in [1.807, 2.05) is 54.6 Å². The van der Waals surface area contributed by atoms with Gasteiger partial charge in [-0.05, 0) is 37.5 Å². The Kier molecular flexibility index (Phi) is 5.74. The Morgan fingerprint density at radius 3 is 2.17 bits per heavy atom. The second-order valence-corrected chi connectivity index (χ2v) is 6.59. The fraction of sp³-hybridized carbons (Fsp3) is 0.300. The van der Waals surface area contributed by atoms with E-state index in [1.54, 1.807) is 20.8 Å². The Hall–Kier alpha value is -2.62. The molecule has 2 aromatic rings. The first kappa shape index (κ1) is 17.7. The van der Waals surface area contributed by atoms with Crippen LogP contribution in [0, 0.1) is 0 Å². The maximum Gasteiger partial charge on any atom is 0.408 e. The van der Waals surface area contributed by atoms with E-state index in [0.717, 1.165) is 23.0 Å². The minimum Gasteiger partial charge on any atom is -0.444 e. The van der Waals surface area contributed by atoms with Crippen molar-refractivity contribution in [3.8, 4) is 11.1 Å². The van der Waals surface area contributed by atoms with Crippen LogP contribution in [0.1, 0.15) is 38.8 Å². The first-order valence-corrected chi connectivity index (χ1v) is 7.97. The van der Waals surface area contributed by atoms with Crippen molar-refractivity contribution in [2.45, 2.75) is 38.8 Å². The Labute approximate surface area is 142 Å². The number of benzene rings is 2. The van der Waals surface area contributed by atoms with Crippen molar-refractivity contribution in [2.24, 2.45) is 0 Å². The van der Waals surface area contributed by atoms with Gasteiger partial charge >= 0.3 is 6.09 Å². The average Bonchev–Trinajstić information content (AvgIpc) is 2.54. The smallest absolute Gasteiger partial charge is 0.408 e. The predicted octanol–water partition coefficient (Wildman–Crippen LogP) is 4.51. The fourth-order valence-corrected chi connectivity index (χ4v) is 2.36. The quantitative estimate of drug-likeness (QED) is 0.823. The molecule has 0 unspecified atom stereocenters. The number of nitrogens with one attached hydrogen (secondary N) is 1. The van der Waals surface area contributed by atoms with Gasteiger partial charge in [0.2, 0.25) is 0 Å². The molecule has 2 rings (SSSR count). The summed E-state index contributed by atoms with van der Waals surface area (Å²) in [6.07, 6.45) is 0.471. The Bertz CT molecular complexity index is 672. The number of ether oxygens (including phenoxy) is 1. The largest absolute Gasteiger partial charge is 0.444 e. The van der Waals surface area contributed by atoms with Gasteiger partial charge in [0.1, 0.15) is 11.9 Å². The molecule has 0 spiro atoms. The molecule has 2 aromatic carbocycles. The van der Waals surface area contributed by atoms with Gasteiger partial charge in [-0.1, -0.05) is 54.6 Å². The molecule has 24 heavy (non-hydrogen) atoms. The second-order valence-electron chi connectivity index (χ2n) is 6.59. The van der Waals surface area contributed by atoms with E-state index in [9.17, 15) is 9.59 Å². The molecule has 1 amide bonds. The molecular formula is C20H23NO3. The summed E-state index contributed by atoms with van der Waals surface area (Å²) in [7, 11) is 0. The third kappa shape index (κ3) is 5.23. The molecule has 126 valence electrons. The maximum absolute atomic E-state index is 12.0. The summed E-state index contributed by atoms with van der Waals surface area (Å²) in [5.41, 5.74) is 2.50. The number of carbonyl (C=O) groups is 2. The summed E-state index contributed by atoms with van der Waals surface area (Å²) in [6.45, 7) is 5.40. The van der Waals surface area contributed by atoms with Gasteiger partial charge in [0.25, 0.3) is 0 Å². The van der Waals surface area contributed by atoms with E-state index in [-0.39, 0.29) is 6.42 Å². The molecule has 0 fully saturated rings. The molecular weight excluding hydrogens is 302 g/mol. The van der Waals surface area contributed by atoms with Crippen LogP contribution in [-0.4, -0.2) is 18.0 Å². The Morgan fingerprint density at radius 1 is 1.04 bits per heavy atom. The monoisotopic (exact) mass is 325 g/mol. The van der Waals surface area contributed by atoms with E-state index in [2.05, 4.69) is 5.32 Å². The van der Waals surface area contributed by atoms with Crippen molar-refractivity contribution in [2.75, 3.05) is 0 Å². The molecule has 1 N–H and O–H groups in total. The van der Waals surface area contributed by atoms with Crippen molar-refractivity contribution in [3.63, 3.8) is 0 Å². The minimum absolute atomic E-state index is 0.198. The Morgan fingerprint density at radius 2 is 1.62 bits per heavy atom. The third-order valence-corrected chi connectivity index (χ3v) is 3.44. The van der Waals surface area contributed by atoms with E-state index >= 15 is 0 Å². The molecule has 1 atom stereocenters. The lowest BCUT2D eigenvalue weighted by Crippen LogP contribution is -2.35. The summed E-state index contributed by atoms with van der Waals surface area (Å²) in [5.74, 6) is 0. The van der Waals surface area contributed by atoms with Crippen molar-refractivity contribution >= 4 is 12.4 Å². The van der Waals surface area contributed by atoms with Crippen LogP contribution < -0.4 is 5.32 Å². The standard InChI is InChI=1S/C20H23NO3/c1-20(2,3)24-19(23)21-18(13-14-22)17-11-9-16(10-12-17)15-7-5-4-6-8-15/h4-12,14,18H,13H2,1-3H3,(H,21,23)/t18-/m0/s1. The number of alkyl carbamates (subject to hydrolysis) is 1. The van der Waals surface area contributed by atoms with Gasteiger partial charge in [0.05, 0.1) is 6.04 Å². The van der Waals surface area contributed by atoms with Crippen LogP contribution in [0.2, 0.25) is 0 Å². The first-order chi connectivity index (χ1) is 11.4. The molecule has 0 aliphatic heterocycles. The van der Waals surface area contributed by atoms with E-state index in [0.29, 0.717) is 0 Å². The lowest BCUT2D eigenvalue weighted by atomic mass is 9.99. The van der Waals surface area contributed by atoms with Crippen molar-refractivity contribution < 1.29 is 14.3 Å². The van der Waals surface area contributed by atoms with Gasteiger partial charge in [-0.25, -0.2) is 4.79 Å². The number of rotatable bonds is 5. The lowest BCUT2D eigenvalue weighted by molar-refractivity contribution is -0.108. The number of aldehydes is 1. The lowest BCUT2D eigenvalue weighted by Gasteiger charge is -2.23. The summed E-state index contributed by atoms with van der Waals surface area (Å²) in [4.78, 5) is 22.9. The SMILES string of the molecule is CC(C)(C)OC(=O)N[C@@H](CC=O)c1ccc(-c2ccccc2)cc1. The summed E-state index contributed by atoms with van der Waals surface area (Å²) >= 11 is 0. The van der Waals surface area contributed by atoms with Crippen LogP contribution in [-0.2, 0) is 9.53 Å². The van der Waals surface area contributed by atoms with Crippen LogP contribution >= 0.6 is 0 Å². The second kappa shape index (κ2) is 7.77. The third-order valence-electron chi connectivity index (χ3n) is 3.44. The number of hydrogen-bond acceptors (Lipinski definition) is 3. The van der Waals surface area contributed by atoms with E-state index < -0.39 is 17.7 Å². The summed E-state index contributed by atoms with van der Waals surface area (Å²) in [5, 5.41) is 2.76. The van der Waals surface area contributed by atoms with Gasteiger partial charge < -0.3 is 14.8 Å². The predicted molar refractivity (Wildman–Crippen MR) is 94.7 cm³/mol. The van der Waals surface area contributed by atoms with Gasteiger partial charge in [0, 0.05) is 6.42 Å². The highest BCUT2D eigenvalue weighted by molar-refractivity contribution is 5.69. The average molecular weight is 325 g/mol. The number of amides is 1. The van der Waals surface area contributed by atoms with Crippen molar-refractivity contribution in [1.29, 1.82) is 0 Å². The minimum atomic E-state index is -0.576. The molecule has 4 heteroatoms.